The summed E-state index contributed by atoms with van der Waals surface area (Å²) in [6.07, 6.45) is 0. The molecule has 0 aromatic rings. The maximum absolute atomic E-state index is 2.66. The van der Waals surface area contributed by atoms with E-state index in [2.05, 4.69) is 23.1 Å². The van der Waals surface area contributed by atoms with Crippen molar-refractivity contribution in [3.05, 3.63) is 0 Å². The van der Waals surface area contributed by atoms with Crippen molar-refractivity contribution in [3.63, 3.8) is 0 Å². The van der Waals surface area contributed by atoms with Crippen LogP contribution < -0.4 is 0 Å². The number of rotatable bonds is 0. The van der Waals surface area contributed by atoms with Gasteiger partial charge in [0.15, 0.2) is 0 Å². The molecule has 0 saturated carbocycles. The van der Waals surface area contributed by atoms with Crippen LogP contribution in [-0.2, 0) is 20.1 Å². The zero-order chi connectivity index (χ0) is 3.58. The minimum atomic E-state index is 0. The molecule has 5 heavy (non-hydrogen) atoms. The van der Waals surface area contributed by atoms with Gasteiger partial charge >= 0.3 is 0 Å². The Labute approximate surface area is 49.3 Å². The quantitative estimate of drug-likeness (QED) is 0.580. The van der Waals surface area contributed by atoms with Crippen molar-refractivity contribution < 1.29 is 20.1 Å². The predicted octanol–water partition coefficient (Wildman–Crippen LogP) is 1.27. The van der Waals surface area contributed by atoms with Crippen molar-refractivity contribution in [3.8, 4) is 0 Å². The van der Waals surface area contributed by atoms with Gasteiger partial charge in [0.05, 0.1) is 0 Å². The van der Waals surface area contributed by atoms with Gasteiger partial charge in [0.2, 0.25) is 0 Å². The van der Waals surface area contributed by atoms with Crippen molar-refractivity contribution in [2.45, 2.75) is 19.5 Å². The van der Waals surface area contributed by atoms with Crippen LogP contribution in [0.3, 0.4) is 0 Å². The fraction of sp³-hybridized carbons (Fsp3) is 1.00. The van der Waals surface area contributed by atoms with Gasteiger partial charge in [-0.3, -0.25) is 0 Å². The fourth-order valence-corrected chi connectivity index (χ4v) is 0. The van der Waals surface area contributed by atoms with Gasteiger partial charge in [-0.25, -0.2) is 0 Å². The second-order valence-electron chi connectivity index (χ2n) is 1.24. The second-order valence-corrected chi connectivity index (χ2v) is 2.58. The van der Waals surface area contributed by atoms with Crippen molar-refractivity contribution in [2.75, 3.05) is 0 Å². The Bertz CT molecular complexity index is 11.6. The fourth-order valence-electron chi connectivity index (χ4n) is 0. The van der Waals surface area contributed by atoms with Crippen LogP contribution in [-0.4, -0.2) is 5.66 Å². The maximum Gasteiger partial charge on any atom is 0 e. The van der Waals surface area contributed by atoms with E-state index >= 15 is 0 Å². The number of hydrogen-bond acceptors (Lipinski definition) is 0. The summed E-state index contributed by atoms with van der Waals surface area (Å²) in [4.78, 5) is 0. The Balaban J connectivity index is 0. The van der Waals surface area contributed by atoms with Gasteiger partial charge < -0.3 is 0 Å². The molecule has 1 atom stereocenters. The molecule has 0 aliphatic carbocycles. The second kappa shape index (κ2) is 5.08. The van der Waals surface area contributed by atoms with Gasteiger partial charge in [-0.05, 0) is 5.66 Å². The van der Waals surface area contributed by atoms with Crippen molar-refractivity contribution in [1.29, 1.82) is 0 Å². The Hall–Kier alpha value is 1.08. The molecule has 0 aromatic carbocycles. The van der Waals surface area contributed by atoms with E-state index in [0.717, 1.165) is 5.66 Å². The maximum atomic E-state index is 2.66. The third-order valence-electron chi connectivity index (χ3n) is 0. The Morgan fingerprint density at radius 3 is 1.40 bits per heavy atom. The van der Waals surface area contributed by atoms with Gasteiger partial charge in [-0.1, -0.05) is 13.8 Å². The summed E-state index contributed by atoms with van der Waals surface area (Å²) in [7, 11) is 2.66. The summed E-state index contributed by atoms with van der Waals surface area (Å²) in [6.45, 7) is 4.26. The van der Waals surface area contributed by atoms with E-state index in [0.29, 0.717) is 0 Å². The summed E-state index contributed by atoms with van der Waals surface area (Å²) in [6, 6.07) is 0. The average Bonchev–Trinajstić information content (AvgIpc) is 0.811. The molecule has 0 aliphatic heterocycles. The summed E-state index contributed by atoms with van der Waals surface area (Å²) in [5.74, 6) is 0. The van der Waals surface area contributed by atoms with Gasteiger partial charge in [-0.15, -0.1) is 9.24 Å². The monoisotopic (exact) mass is 269 g/mol. The summed E-state index contributed by atoms with van der Waals surface area (Å²) < 4.78 is 0. The van der Waals surface area contributed by atoms with Crippen LogP contribution in [0.5, 0.6) is 0 Å². The first-order chi connectivity index (χ1) is 1.73. The van der Waals surface area contributed by atoms with Crippen LogP contribution in [0.4, 0.5) is 0 Å². The van der Waals surface area contributed by atoms with Gasteiger partial charge in [0.25, 0.3) is 0 Å². The van der Waals surface area contributed by atoms with E-state index in [4.69, 9.17) is 0 Å². The van der Waals surface area contributed by atoms with E-state index in [-0.39, 0.29) is 20.1 Å². The molecular weight excluding hydrogens is 259 g/mol. The van der Waals surface area contributed by atoms with E-state index in [9.17, 15) is 0 Å². The van der Waals surface area contributed by atoms with E-state index < -0.39 is 0 Å². The third-order valence-corrected chi connectivity index (χ3v) is 0. The van der Waals surface area contributed by atoms with E-state index in [1.54, 1.807) is 0 Å². The Kier molecular flexibility index (Phi) is 9.57. The molecule has 0 rings (SSSR count). The van der Waals surface area contributed by atoms with Crippen LogP contribution in [0, 0.1) is 0 Å². The van der Waals surface area contributed by atoms with Crippen molar-refractivity contribution >= 4 is 9.24 Å². The van der Waals surface area contributed by atoms with Crippen LogP contribution >= 0.6 is 9.24 Å². The normalized spacial score (nSPS) is 7.20. The molecule has 0 fully saturated rings. The minimum Gasteiger partial charge on any atom is -0.135 e. The third kappa shape index (κ3) is 41.3. The molecule has 1 unspecified atom stereocenters. The minimum absolute atomic E-state index is 0. The summed E-state index contributed by atoms with van der Waals surface area (Å²) in [5.41, 5.74) is 0.750. The summed E-state index contributed by atoms with van der Waals surface area (Å²) in [5, 5.41) is 0. The molecule has 0 heterocycles. The van der Waals surface area contributed by atoms with Gasteiger partial charge in [0.1, 0.15) is 0 Å². The van der Waals surface area contributed by atoms with E-state index in [1.165, 1.54) is 0 Å². The van der Waals surface area contributed by atoms with Crippen LogP contribution in [0.15, 0.2) is 0 Å². The first-order valence-corrected chi connectivity index (χ1v) is 2.15. The van der Waals surface area contributed by atoms with E-state index in [1.807, 2.05) is 0 Å². The molecule has 0 saturated heterocycles. The largest absolute Gasteiger partial charge is 0.135 e. The van der Waals surface area contributed by atoms with Crippen molar-refractivity contribution in [1.82, 2.24) is 0 Å². The molecular formula is C3H9IrP. The predicted molar refractivity (Wildman–Crippen MR) is 24.8 cm³/mol. The molecule has 0 bridgehead atoms. The van der Waals surface area contributed by atoms with Crippen LogP contribution in [0.25, 0.3) is 0 Å². The molecule has 35 valence electrons. The van der Waals surface area contributed by atoms with Gasteiger partial charge in [0, 0.05) is 20.1 Å². The Morgan fingerprint density at radius 2 is 1.40 bits per heavy atom. The van der Waals surface area contributed by atoms with Crippen molar-refractivity contribution in [2.24, 2.45) is 0 Å². The summed E-state index contributed by atoms with van der Waals surface area (Å²) >= 11 is 0. The molecule has 0 amide bonds. The smallest absolute Gasteiger partial charge is 0 e. The van der Waals surface area contributed by atoms with Gasteiger partial charge in [-0.2, -0.15) is 0 Å². The Morgan fingerprint density at radius 1 is 1.40 bits per heavy atom. The molecule has 2 heteroatoms. The molecule has 0 spiro atoms. The van der Waals surface area contributed by atoms with Crippen LogP contribution in [0.2, 0.25) is 0 Å². The first kappa shape index (κ1) is 9.43. The zero-order valence-electron chi connectivity index (χ0n) is 3.49. The average molecular weight is 268 g/mol. The molecule has 0 N–H and O–H groups in total. The standard InChI is InChI=1S/C3H9P.Ir/c1-3(2)4;/h3H,4H2,1-2H3;. The first-order valence-electron chi connectivity index (χ1n) is 1.49. The zero-order valence-corrected chi connectivity index (χ0v) is 7.04. The molecule has 1 radical (unpaired) electrons. The van der Waals surface area contributed by atoms with Crippen LogP contribution in [0.1, 0.15) is 13.8 Å². The molecule has 0 aromatic heterocycles. The molecule has 0 nitrogen and oxygen atoms in total. The SMILES string of the molecule is CC(C)P.[Ir]. The molecule has 0 aliphatic rings. The topological polar surface area (TPSA) is 0 Å². The number of hydrogen-bond donors (Lipinski definition) is 0.